The highest BCUT2D eigenvalue weighted by atomic mass is 16.5. The van der Waals surface area contributed by atoms with Crippen molar-refractivity contribution in [1.82, 2.24) is 15.3 Å². The lowest BCUT2D eigenvalue weighted by molar-refractivity contribution is 0.0949. The number of aryl methyl sites for hydroxylation is 1. The number of methoxy groups -OCH3 is 1. The first-order valence-corrected chi connectivity index (χ1v) is 8.69. The van der Waals surface area contributed by atoms with Crippen molar-refractivity contribution in [3.63, 3.8) is 0 Å². The maximum Gasteiger partial charge on any atom is 0.254 e. The molecule has 3 aromatic rings. The van der Waals surface area contributed by atoms with E-state index in [1.165, 1.54) is 0 Å². The Morgan fingerprint density at radius 2 is 1.78 bits per heavy atom. The Balaban J connectivity index is 1.62. The second-order valence-electron chi connectivity index (χ2n) is 6.03. The number of anilines is 1. The minimum atomic E-state index is -0.187. The van der Waals surface area contributed by atoms with Gasteiger partial charge in [-0.2, -0.15) is 0 Å². The minimum Gasteiger partial charge on any atom is -0.496 e. The van der Waals surface area contributed by atoms with Gasteiger partial charge in [0, 0.05) is 24.8 Å². The van der Waals surface area contributed by atoms with E-state index in [4.69, 9.17) is 4.74 Å². The molecule has 0 radical (unpaired) electrons. The van der Waals surface area contributed by atoms with Gasteiger partial charge in [-0.15, -0.1) is 0 Å². The molecule has 0 saturated heterocycles. The molecule has 2 aromatic carbocycles. The zero-order chi connectivity index (χ0) is 19.1. The first-order valence-electron chi connectivity index (χ1n) is 8.69. The fraction of sp³-hybridized carbons (Fsp3) is 0.190. The number of nitrogens with zero attached hydrogens (tertiary/aromatic N) is 2. The van der Waals surface area contributed by atoms with Crippen LogP contribution in [0.15, 0.2) is 60.8 Å². The highest BCUT2D eigenvalue weighted by Crippen LogP contribution is 2.18. The molecule has 0 aliphatic rings. The van der Waals surface area contributed by atoms with Gasteiger partial charge >= 0.3 is 0 Å². The molecule has 0 aliphatic carbocycles. The smallest absolute Gasteiger partial charge is 0.254 e. The van der Waals surface area contributed by atoms with E-state index in [9.17, 15) is 4.79 Å². The minimum absolute atomic E-state index is 0.187. The van der Waals surface area contributed by atoms with Crippen LogP contribution in [0.3, 0.4) is 0 Å². The highest BCUT2D eigenvalue weighted by Gasteiger charge is 2.12. The Kier molecular flexibility index (Phi) is 5.99. The van der Waals surface area contributed by atoms with Gasteiger partial charge in [-0.3, -0.25) is 4.79 Å². The van der Waals surface area contributed by atoms with Crippen LogP contribution in [0.5, 0.6) is 5.75 Å². The number of carbonyl (C=O) groups excluding carboxylic acids is 1. The van der Waals surface area contributed by atoms with Crippen LogP contribution in [0.25, 0.3) is 0 Å². The van der Waals surface area contributed by atoms with E-state index < -0.39 is 0 Å². The zero-order valence-electron chi connectivity index (χ0n) is 15.4. The summed E-state index contributed by atoms with van der Waals surface area (Å²) in [4.78, 5) is 21.0. The fourth-order valence-electron chi connectivity index (χ4n) is 2.67. The summed E-state index contributed by atoms with van der Waals surface area (Å²) in [6, 6.07) is 17.5. The predicted molar refractivity (Wildman–Crippen MR) is 105 cm³/mol. The van der Waals surface area contributed by atoms with Crippen LogP contribution < -0.4 is 15.4 Å². The van der Waals surface area contributed by atoms with Gasteiger partial charge in [0.2, 0.25) is 5.95 Å². The summed E-state index contributed by atoms with van der Waals surface area (Å²) < 4.78 is 5.34. The van der Waals surface area contributed by atoms with Crippen LogP contribution >= 0.6 is 0 Å². The number of rotatable bonds is 7. The van der Waals surface area contributed by atoms with Crippen LogP contribution in [0.2, 0.25) is 0 Å². The van der Waals surface area contributed by atoms with Crippen LogP contribution in [0, 0.1) is 6.92 Å². The predicted octanol–water partition coefficient (Wildman–Crippen LogP) is 3.34. The number of para-hydroxylation sites is 1. The Hall–Kier alpha value is -3.41. The van der Waals surface area contributed by atoms with E-state index >= 15 is 0 Å². The Morgan fingerprint density at radius 3 is 2.52 bits per heavy atom. The van der Waals surface area contributed by atoms with E-state index in [2.05, 4.69) is 20.6 Å². The second kappa shape index (κ2) is 8.80. The third-order valence-corrected chi connectivity index (χ3v) is 4.15. The molecule has 0 unspecified atom stereocenters. The maximum atomic E-state index is 12.4. The summed E-state index contributed by atoms with van der Waals surface area (Å²) in [5.41, 5.74) is 3.14. The molecule has 6 nitrogen and oxygen atoms in total. The van der Waals surface area contributed by atoms with E-state index in [-0.39, 0.29) is 5.91 Å². The van der Waals surface area contributed by atoms with Crippen LogP contribution in [-0.4, -0.2) is 23.0 Å². The molecule has 0 saturated carbocycles. The number of nitrogens with one attached hydrogen (secondary N) is 2. The van der Waals surface area contributed by atoms with Crippen molar-refractivity contribution >= 4 is 11.9 Å². The van der Waals surface area contributed by atoms with Gasteiger partial charge in [-0.05, 0) is 18.6 Å². The topological polar surface area (TPSA) is 76.1 Å². The van der Waals surface area contributed by atoms with Gasteiger partial charge < -0.3 is 15.4 Å². The SMILES string of the molecule is COc1ccccc1CNc1ncc(C(=O)NCc2ccccc2)c(C)n1. The van der Waals surface area contributed by atoms with Crippen LogP contribution in [0.1, 0.15) is 27.2 Å². The van der Waals surface area contributed by atoms with E-state index in [1.807, 2.05) is 54.6 Å². The molecule has 0 bridgehead atoms. The van der Waals surface area contributed by atoms with Gasteiger partial charge in [0.1, 0.15) is 5.75 Å². The third kappa shape index (κ3) is 4.82. The van der Waals surface area contributed by atoms with Crippen molar-refractivity contribution in [3.05, 3.63) is 83.2 Å². The molecule has 2 N–H and O–H groups in total. The molecule has 1 heterocycles. The number of aromatic nitrogens is 2. The molecular weight excluding hydrogens is 340 g/mol. The first-order chi connectivity index (χ1) is 13.2. The summed E-state index contributed by atoms with van der Waals surface area (Å²) in [7, 11) is 1.64. The van der Waals surface area contributed by atoms with Gasteiger partial charge in [0.05, 0.1) is 18.4 Å². The third-order valence-electron chi connectivity index (χ3n) is 4.15. The quantitative estimate of drug-likeness (QED) is 0.674. The molecule has 0 spiro atoms. The van der Waals surface area contributed by atoms with Crippen molar-refractivity contribution in [1.29, 1.82) is 0 Å². The van der Waals surface area contributed by atoms with Gasteiger partial charge in [-0.1, -0.05) is 48.5 Å². The molecule has 3 rings (SSSR count). The summed E-state index contributed by atoms with van der Waals surface area (Å²) in [5.74, 6) is 1.09. The number of ether oxygens (including phenoxy) is 1. The lowest BCUT2D eigenvalue weighted by atomic mass is 10.2. The summed E-state index contributed by atoms with van der Waals surface area (Å²) in [6.45, 7) is 2.79. The average Bonchev–Trinajstić information content (AvgIpc) is 2.71. The molecule has 0 aliphatic heterocycles. The molecule has 6 heteroatoms. The number of hydrogen-bond donors (Lipinski definition) is 2. The standard InChI is InChI=1S/C21H22N4O2/c1-15-18(20(26)22-12-16-8-4-3-5-9-16)14-24-21(25-15)23-13-17-10-6-7-11-19(17)27-2/h3-11,14H,12-13H2,1-2H3,(H,22,26)(H,23,24,25). The average molecular weight is 362 g/mol. The van der Waals surface area contributed by atoms with Crippen molar-refractivity contribution in [3.8, 4) is 5.75 Å². The monoisotopic (exact) mass is 362 g/mol. The first kappa shape index (κ1) is 18.4. The number of amides is 1. The lowest BCUT2D eigenvalue weighted by Gasteiger charge is -2.11. The van der Waals surface area contributed by atoms with Crippen molar-refractivity contribution in [2.45, 2.75) is 20.0 Å². The molecular formula is C21H22N4O2. The lowest BCUT2D eigenvalue weighted by Crippen LogP contribution is -2.24. The van der Waals surface area contributed by atoms with Crippen LogP contribution in [-0.2, 0) is 13.1 Å². The molecule has 27 heavy (non-hydrogen) atoms. The van der Waals surface area contributed by atoms with Gasteiger partial charge in [-0.25, -0.2) is 9.97 Å². The van der Waals surface area contributed by atoms with Crippen molar-refractivity contribution in [2.24, 2.45) is 0 Å². The Labute approximate surface area is 158 Å². The molecule has 138 valence electrons. The van der Waals surface area contributed by atoms with Crippen molar-refractivity contribution < 1.29 is 9.53 Å². The number of carbonyl (C=O) groups is 1. The number of hydrogen-bond acceptors (Lipinski definition) is 5. The molecule has 1 aromatic heterocycles. The van der Waals surface area contributed by atoms with E-state index in [0.717, 1.165) is 16.9 Å². The van der Waals surface area contributed by atoms with Gasteiger partial charge in [0.25, 0.3) is 5.91 Å². The van der Waals surface area contributed by atoms with E-state index in [1.54, 1.807) is 20.2 Å². The normalized spacial score (nSPS) is 10.3. The second-order valence-corrected chi connectivity index (χ2v) is 6.03. The fourth-order valence-corrected chi connectivity index (χ4v) is 2.67. The van der Waals surface area contributed by atoms with E-state index in [0.29, 0.717) is 30.3 Å². The van der Waals surface area contributed by atoms with Crippen molar-refractivity contribution in [2.75, 3.05) is 12.4 Å². The largest absolute Gasteiger partial charge is 0.496 e. The number of benzene rings is 2. The van der Waals surface area contributed by atoms with Gasteiger partial charge in [0.15, 0.2) is 0 Å². The highest BCUT2D eigenvalue weighted by molar-refractivity contribution is 5.94. The molecule has 0 atom stereocenters. The molecule has 1 amide bonds. The van der Waals surface area contributed by atoms with Crippen LogP contribution in [0.4, 0.5) is 5.95 Å². The Bertz CT molecular complexity index is 913. The summed E-state index contributed by atoms with van der Waals surface area (Å²) >= 11 is 0. The zero-order valence-corrected chi connectivity index (χ0v) is 15.4. The maximum absolute atomic E-state index is 12.4. The summed E-state index contributed by atoms with van der Waals surface area (Å²) in [5, 5.41) is 6.06. The molecule has 0 fully saturated rings. The Morgan fingerprint density at radius 1 is 1.04 bits per heavy atom. The summed E-state index contributed by atoms with van der Waals surface area (Å²) in [6.07, 6.45) is 1.55.